The van der Waals surface area contributed by atoms with E-state index in [2.05, 4.69) is 35.0 Å². The van der Waals surface area contributed by atoms with Crippen LogP contribution >= 0.6 is 31.3 Å². The van der Waals surface area contributed by atoms with Crippen molar-refractivity contribution in [3.8, 4) is 0 Å². The molecule has 3 unspecified atom stereocenters. The molecule has 0 aliphatic carbocycles. The second-order valence-electron chi connectivity index (χ2n) is 8.96. The third kappa shape index (κ3) is 5.70. The number of rotatable bonds is 11. The SMILES string of the molecule is [B]P(C)OC(=O)C1=C(C[n+]2cccc3c2ncn3CC)CSC2C(NC(=O)/C(=N\OCF)c3nsc(NC)n3)C(=O)N12. The van der Waals surface area contributed by atoms with E-state index in [1.807, 2.05) is 34.4 Å². The molecule has 218 valence electrons. The third-order valence-corrected chi connectivity index (χ3v) is 8.90. The van der Waals surface area contributed by atoms with Crippen LogP contribution in [0.5, 0.6) is 0 Å². The van der Waals surface area contributed by atoms with Crippen LogP contribution in [-0.2, 0) is 36.8 Å². The molecule has 0 aromatic carbocycles. The lowest BCUT2D eigenvalue weighted by molar-refractivity contribution is -0.664. The number of nitrogens with zero attached hydrogens (tertiary/aromatic N) is 7. The van der Waals surface area contributed by atoms with E-state index in [-0.39, 0.29) is 18.1 Å². The molecular weight excluding hydrogens is 607 g/mol. The topological polar surface area (TPSA) is 157 Å². The predicted octanol–water partition coefficient (Wildman–Crippen LogP) is 0.892. The minimum atomic E-state index is -1.56. The first-order valence-electron chi connectivity index (χ1n) is 12.6. The highest BCUT2D eigenvalue weighted by Crippen LogP contribution is 2.42. The van der Waals surface area contributed by atoms with Gasteiger partial charge in [-0.05, 0) is 30.7 Å². The van der Waals surface area contributed by atoms with Crippen molar-refractivity contribution < 1.29 is 32.7 Å². The van der Waals surface area contributed by atoms with Gasteiger partial charge in [0.2, 0.25) is 23.0 Å². The van der Waals surface area contributed by atoms with E-state index < -0.39 is 49.8 Å². The number of halogens is 1. The molecule has 3 atom stereocenters. The summed E-state index contributed by atoms with van der Waals surface area (Å²) >= 11 is 2.33. The molecule has 2 N–H and O–H groups in total. The van der Waals surface area contributed by atoms with Crippen LogP contribution in [0.4, 0.5) is 9.52 Å². The number of hydrogen-bond donors (Lipinski definition) is 2. The molecule has 0 saturated carbocycles. The van der Waals surface area contributed by atoms with E-state index in [0.29, 0.717) is 16.5 Å². The number of alkyl halides is 1. The van der Waals surface area contributed by atoms with Crippen LogP contribution in [-0.4, -0.2) is 92.6 Å². The monoisotopic (exact) mass is 632 g/mol. The zero-order chi connectivity index (χ0) is 30.0. The van der Waals surface area contributed by atoms with Crippen molar-refractivity contribution in [2.45, 2.75) is 31.4 Å². The lowest BCUT2D eigenvalue weighted by Gasteiger charge is -2.49. The van der Waals surface area contributed by atoms with Crippen LogP contribution in [0.15, 0.2) is 41.1 Å². The number of aromatic nitrogens is 5. The van der Waals surface area contributed by atoms with Gasteiger partial charge in [-0.25, -0.2) is 13.8 Å². The number of anilines is 1. The summed E-state index contributed by atoms with van der Waals surface area (Å²) in [6, 6.07) is 2.84. The van der Waals surface area contributed by atoms with Crippen molar-refractivity contribution in [1.82, 2.24) is 29.1 Å². The van der Waals surface area contributed by atoms with Gasteiger partial charge in [0.15, 0.2) is 7.57 Å². The van der Waals surface area contributed by atoms with Gasteiger partial charge in [-0.3, -0.25) is 14.5 Å². The molecule has 3 aromatic heterocycles. The molecule has 2 radical (unpaired) electrons. The van der Waals surface area contributed by atoms with Crippen molar-refractivity contribution in [3.05, 3.63) is 41.8 Å². The number of hydrogen-bond acceptors (Lipinski definition) is 12. The quantitative estimate of drug-likeness (QED) is 0.0778. The van der Waals surface area contributed by atoms with Gasteiger partial charge in [0.05, 0.1) is 6.20 Å². The fourth-order valence-electron chi connectivity index (χ4n) is 4.54. The van der Waals surface area contributed by atoms with Gasteiger partial charge in [0.1, 0.15) is 29.2 Å². The van der Waals surface area contributed by atoms with Gasteiger partial charge in [0, 0.05) is 44.5 Å². The second kappa shape index (κ2) is 12.7. The standard InChI is InChI=1S/C23H24BFN9O5PS2/c1-4-32-11-27-18-13(32)6-5-7-33(18)8-12-9-41-21-15(20(36)34(21)16(12)22(37)39-40(3)24)28-19(35)14(30-38-10-25)17-29-23(26-2)42-31-17/h5-7,11,15,21H,4,8-10H2,1-3H3,(H-,26,28,29,31,35)/p+1/b30-14-. The van der Waals surface area contributed by atoms with Crippen molar-refractivity contribution in [1.29, 1.82) is 0 Å². The summed E-state index contributed by atoms with van der Waals surface area (Å²) in [5, 5.41) is 8.68. The Morgan fingerprint density at radius 1 is 1.40 bits per heavy atom. The maximum absolute atomic E-state index is 13.4. The summed E-state index contributed by atoms with van der Waals surface area (Å²) in [6.07, 6.45) is 3.60. The molecule has 0 bridgehead atoms. The van der Waals surface area contributed by atoms with Gasteiger partial charge < -0.3 is 24.6 Å². The number of β-lactam (4-membered cyclic amide) rings is 1. The summed E-state index contributed by atoms with van der Waals surface area (Å²) in [5.41, 5.74) is 1.98. The first-order chi connectivity index (χ1) is 20.3. The first-order valence-corrected chi connectivity index (χ1v) is 16.2. The first kappa shape index (κ1) is 29.9. The van der Waals surface area contributed by atoms with Crippen LogP contribution in [0, 0.1) is 0 Å². The normalized spacial score (nSPS) is 19.3. The lowest BCUT2D eigenvalue weighted by Crippen LogP contribution is -2.71. The molecule has 2 aliphatic rings. The summed E-state index contributed by atoms with van der Waals surface area (Å²) in [5.74, 6) is -1.83. The zero-order valence-corrected chi connectivity index (χ0v) is 25.2. The molecule has 3 aromatic rings. The summed E-state index contributed by atoms with van der Waals surface area (Å²) in [4.78, 5) is 54.3. The van der Waals surface area contributed by atoms with Crippen molar-refractivity contribution in [2.75, 3.05) is 31.6 Å². The summed E-state index contributed by atoms with van der Waals surface area (Å²) in [6.45, 7) is 3.33. The highest BCUT2D eigenvalue weighted by Gasteiger charge is 2.55. The molecule has 42 heavy (non-hydrogen) atoms. The smallest absolute Gasteiger partial charge is 0.357 e. The Morgan fingerprint density at radius 3 is 2.90 bits per heavy atom. The van der Waals surface area contributed by atoms with E-state index in [4.69, 9.17) is 12.1 Å². The number of aryl methyl sites for hydroxylation is 1. The van der Waals surface area contributed by atoms with E-state index >= 15 is 0 Å². The van der Waals surface area contributed by atoms with Crippen molar-refractivity contribution >= 4 is 78.7 Å². The number of oxime groups is 1. The molecule has 5 rings (SSSR count). The van der Waals surface area contributed by atoms with E-state index in [9.17, 15) is 18.8 Å². The van der Waals surface area contributed by atoms with Gasteiger partial charge in [0.25, 0.3) is 18.7 Å². The Kier molecular flexibility index (Phi) is 9.03. The van der Waals surface area contributed by atoms with Gasteiger partial charge in [-0.2, -0.15) is 9.36 Å². The van der Waals surface area contributed by atoms with Crippen molar-refractivity contribution in [2.24, 2.45) is 5.16 Å². The number of nitrogens with one attached hydrogen (secondary N) is 2. The molecule has 5 heterocycles. The Labute approximate surface area is 250 Å². The second-order valence-corrected chi connectivity index (χ2v) is 12.1. The maximum Gasteiger partial charge on any atom is 0.357 e. The van der Waals surface area contributed by atoms with Crippen molar-refractivity contribution in [3.63, 3.8) is 0 Å². The molecular formula is C23H25BFN9O5PS2+. The largest absolute Gasteiger partial charge is 0.452 e. The van der Waals surface area contributed by atoms with E-state index in [0.717, 1.165) is 29.2 Å². The van der Waals surface area contributed by atoms with E-state index in [1.54, 1.807) is 20.0 Å². The molecule has 1 fully saturated rings. The Hall–Kier alpha value is -3.63. The average molecular weight is 632 g/mol. The van der Waals surface area contributed by atoms with Crippen LogP contribution in [0.2, 0.25) is 0 Å². The number of amides is 2. The van der Waals surface area contributed by atoms with Gasteiger partial charge in [-0.15, -0.1) is 11.8 Å². The maximum atomic E-state index is 13.4. The number of thioether (sulfide) groups is 1. The molecule has 19 heteroatoms. The Balaban J connectivity index is 1.42. The molecule has 2 aliphatic heterocycles. The summed E-state index contributed by atoms with van der Waals surface area (Å²) < 4.78 is 26.0. The Morgan fingerprint density at radius 2 is 2.21 bits per heavy atom. The van der Waals surface area contributed by atoms with E-state index in [1.165, 1.54) is 16.7 Å². The number of carbonyl (C=O) groups excluding carboxylic acids is 3. The van der Waals surface area contributed by atoms with Crippen LogP contribution < -0.4 is 15.2 Å². The van der Waals surface area contributed by atoms with Crippen LogP contribution in [0.25, 0.3) is 11.2 Å². The zero-order valence-electron chi connectivity index (χ0n) is 22.7. The molecule has 2 amide bonds. The van der Waals surface area contributed by atoms with Gasteiger partial charge in [-0.1, -0.05) is 5.16 Å². The number of carbonyl (C=O) groups is 3. The summed E-state index contributed by atoms with van der Waals surface area (Å²) in [7, 11) is 5.87. The molecule has 0 spiro atoms. The fourth-order valence-corrected chi connectivity index (χ4v) is 6.74. The highest BCUT2D eigenvalue weighted by molar-refractivity contribution is 8.00. The third-order valence-electron chi connectivity index (χ3n) is 6.38. The van der Waals surface area contributed by atoms with Gasteiger partial charge >= 0.3 is 11.6 Å². The lowest BCUT2D eigenvalue weighted by atomic mass is 10.0. The predicted molar refractivity (Wildman–Crippen MR) is 155 cm³/mol. The highest BCUT2D eigenvalue weighted by atomic mass is 32.2. The average Bonchev–Trinajstić information content (AvgIpc) is 3.63. The minimum Gasteiger partial charge on any atom is -0.452 e. The number of fused-ring (bicyclic) bond motifs is 2. The fraction of sp³-hybridized carbons (Fsp3) is 0.391. The Bertz CT molecular complexity index is 1600. The number of imidazole rings is 1. The number of pyridine rings is 1. The molecule has 14 nitrogen and oxygen atoms in total. The molecule has 1 saturated heterocycles. The van der Waals surface area contributed by atoms with Crippen LogP contribution in [0.3, 0.4) is 0 Å². The van der Waals surface area contributed by atoms with Crippen LogP contribution in [0.1, 0.15) is 12.7 Å². The minimum absolute atomic E-state index is 0.0861.